The van der Waals surface area contributed by atoms with Crippen LogP contribution in [0.3, 0.4) is 0 Å². The zero-order valence-electron chi connectivity index (χ0n) is 9.52. The number of pyridine rings is 1. The second-order valence-corrected chi connectivity index (χ2v) is 5.15. The Morgan fingerprint density at radius 2 is 2.05 bits per heavy atom. The molecule has 2 heterocycles. The Kier molecular flexibility index (Phi) is 3.00. The second kappa shape index (κ2) is 4.37. The molecule has 8 nitrogen and oxygen atoms in total. The molecule has 5 N–H and O–H groups in total. The number of aromatic carboxylic acids is 1. The summed E-state index contributed by atoms with van der Waals surface area (Å²) in [5.41, 5.74) is 5.98. The zero-order valence-corrected chi connectivity index (χ0v) is 10.3. The van der Waals surface area contributed by atoms with Gasteiger partial charge in [0, 0.05) is 29.7 Å². The van der Waals surface area contributed by atoms with Crippen molar-refractivity contribution in [2.45, 2.75) is 0 Å². The maximum absolute atomic E-state index is 11.3. The molecule has 0 bridgehead atoms. The van der Waals surface area contributed by atoms with Gasteiger partial charge in [0.1, 0.15) is 0 Å². The normalized spacial score (nSPS) is 11.4. The van der Waals surface area contributed by atoms with Crippen molar-refractivity contribution in [2.24, 2.45) is 5.14 Å². The van der Waals surface area contributed by atoms with Crippen LogP contribution < -0.4 is 10.9 Å². The standard InChI is InChI=1S/C10H10N4O4S/c11-7-3-6(4-13-5-7)8-1-2-14(19(12,17)18)9(8)10(15)16/h1-5H,11H2,(H,15,16)(H2,12,17,18). The Balaban J connectivity index is 2.73. The Morgan fingerprint density at radius 3 is 2.58 bits per heavy atom. The first-order valence-corrected chi connectivity index (χ1v) is 6.50. The predicted molar refractivity (Wildman–Crippen MR) is 67.5 cm³/mol. The van der Waals surface area contributed by atoms with Crippen LogP contribution in [0, 0.1) is 0 Å². The molecule has 0 aliphatic carbocycles. The van der Waals surface area contributed by atoms with Crippen molar-refractivity contribution in [1.29, 1.82) is 0 Å². The van der Waals surface area contributed by atoms with Crippen LogP contribution in [-0.2, 0) is 10.2 Å². The molecule has 2 aromatic rings. The number of carboxylic acids is 1. The number of carbonyl (C=O) groups is 1. The van der Waals surface area contributed by atoms with Gasteiger partial charge in [0.15, 0.2) is 5.69 Å². The number of hydrogen-bond acceptors (Lipinski definition) is 5. The lowest BCUT2D eigenvalue weighted by molar-refractivity contribution is 0.0690. The van der Waals surface area contributed by atoms with E-state index in [0.717, 1.165) is 6.20 Å². The number of anilines is 1. The van der Waals surface area contributed by atoms with Gasteiger partial charge in [-0.05, 0) is 12.1 Å². The molecule has 0 spiro atoms. The summed E-state index contributed by atoms with van der Waals surface area (Å²) in [6, 6.07) is 2.81. The van der Waals surface area contributed by atoms with Crippen LogP contribution in [0.1, 0.15) is 10.5 Å². The first-order chi connectivity index (χ1) is 8.80. The topological polar surface area (TPSA) is 141 Å². The van der Waals surface area contributed by atoms with E-state index in [2.05, 4.69) is 4.98 Å². The maximum atomic E-state index is 11.3. The van der Waals surface area contributed by atoms with Crippen LogP contribution >= 0.6 is 0 Å². The third-order valence-corrected chi connectivity index (χ3v) is 3.25. The Morgan fingerprint density at radius 1 is 1.37 bits per heavy atom. The smallest absolute Gasteiger partial charge is 0.354 e. The average molecular weight is 282 g/mol. The Bertz CT molecular complexity index is 751. The fourth-order valence-electron chi connectivity index (χ4n) is 1.67. The van der Waals surface area contributed by atoms with Crippen LogP contribution in [0.25, 0.3) is 11.1 Å². The molecule has 0 amide bonds. The summed E-state index contributed by atoms with van der Waals surface area (Å²) in [4.78, 5) is 15.0. The Labute approximate surface area is 108 Å². The lowest BCUT2D eigenvalue weighted by atomic mass is 10.1. The van der Waals surface area contributed by atoms with E-state index in [4.69, 9.17) is 16.0 Å². The van der Waals surface area contributed by atoms with E-state index >= 15 is 0 Å². The molecular formula is C10H10N4O4S. The van der Waals surface area contributed by atoms with E-state index in [0.29, 0.717) is 15.2 Å². The van der Waals surface area contributed by atoms with Crippen molar-refractivity contribution in [3.8, 4) is 11.1 Å². The van der Waals surface area contributed by atoms with Gasteiger partial charge in [0.25, 0.3) is 0 Å². The molecule has 2 aromatic heterocycles. The molecule has 100 valence electrons. The van der Waals surface area contributed by atoms with E-state index in [9.17, 15) is 13.2 Å². The minimum atomic E-state index is -4.19. The molecular weight excluding hydrogens is 272 g/mol. The van der Waals surface area contributed by atoms with Crippen LogP contribution in [0.15, 0.2) is 30.7 Å². The lowest BCUT2D eigenvalue weighted by Crippen LogP contribution is -2.24. The average Bonchev–Trinajstić information content (AvgIpc) is 2.72. The second-order valence-electron chi connectivity index (χ2n) is 3.73. The van der Waals surface area contributed by atoms with Crippen molar-refractivity contribution < 1.29 is 18.3 Å². The highest BCUT2D eigenvalue weighted by atomic mass is 32.2. The van der Waals surface area contributed by atoms with Gasteiger partial charge in [-0.1, -0.05) is 0 Å². The molecule has 19 heavy (non-hydrogen) atoms. The maximum Gasteiger partial charge on any atom is 0.354 e. The van der Waals surface area contributed by atoms with Crippen LogP contribution in [-0.4, -0.2) is 28.5 Å². The number of nitrogens with zero attached hydrogens (tertiary/aromatic N) is 2. The van der Waals surface area contributed by atoms with E-state index in [1.807, 2.05) is 0 Å². The number of nitrogens with two attached hydrogens (primary N) is 2. The number of aromatic nitrogens is 2. The van der Waals surface area contributed by atoms with E-state index in [1.54, 1.807) is 0 Å². The monoisotopic (exact) mass is 282 g/mol. The third kappa shape index (κ3) is 2.41. The van der Waals surface area contributed by atoms with Crippen molar-refractivity contribution in [2.75, 3.05) is 5.73 Å². The van der Waals surface area contributed by atoms with E-state index in [-0.39, 0.29) is 5.56 Å². The third-order valence-electron chi connectivity index (χ3n) is 2.40. The SMILES string of the molecule is Nc1cncc(-c2ccn(S(N)(=O)=O)c2C(=O)O)c1. The molecule has 2 rings (SSSR count). The largest absolute Gasteiger partial charge is 0.477 e. The first-order valence-electron chi connectivity index (χ1n) is 4.99. The molecule has 0 atom stereocenters. The van der Waals surface area contributed by atoms with E-state index < -0.39 is 21.9 Å². The molecule has 9 heteroatoms. The molecule has 0 saturated carbocycles. The molecule has 0 aromatic carbocycles. The molecule has 0 radical (unpaired) electrons. The van der Waals surface area contributed by atoms with Gasteiger partial charge in [-0.15, -0.1) is 0 Å². The summed E-state index contributed by atoms with van der Waals surface area (Å²) in [5, 5.41) is 14.1. The van der Waals surface area contributed by atoms with Gasteiger partial charge < -0.3 is 10.8 Å². The molecule has 0 aliphatic rings. The predicted octanol–water partition coefficient (Wildman–Crippen LogP) is -0.118. The minimum Gasteiger partial charge on any atom is -0.477 e. The van der Waals surface area contributed by atoms with Crippen molar-refractivity contribution in [3.63, 3.8) is 0 Å². The summed E-state index contributed by atoms with van der Waals surface area (Å²) in [7, 11) is -4.19. The highest BCUT2D eigenvalue weighted by Gasteiger charge is 2.22. The summed E-state index contributed by atoms with van der Waals surface area (Å²) >= 11 is 0. The number of nitrogen functional groups attached to an aromatic ring is 1. The highest BCUT2D eigenvalue weighted by Crippen LogP contribution is 2.26. The fraction of sp³-hybridized carbons (Fsp3) is 0. The van der Waals surface area contributed by atoms with Crippen LogP contribution in [0.4, 0.5) is 5.69 Å². The van der Waals surface area contributed by atoms with Gasteiger partial charge in [-0.25, -0.2) is 13.9 Å². The van der Waals surface area contributed by atoms with Crippen molar-refractivity contribution in [1.82, 2.24) is 8.96 Å². The molecule has 0 saturated heterocycles. The minimum absolute atomic E-state index is 0.168. The van der Waals surface area contributed by atoms with Crippen LogP contribution in [0.5, 0.6) is 0 Å². The quantitative estimate of drug-likeness (QED) is 0.716. The van der Waals surface area contributed by atoms with Gasteiger partial charge in [0.2, 0.25) is 0 Å². The zero-order chi connectivity index (χ0) is 14.2. The summed E-state index contributed by atoms with van der Waals surface area (Å²) in [6.07, 6.45) is 3.84. The number of carboxylic acid groups (broad SMARTS) is 1. The summed E-state index contributed by atoms with van der Waals surface area (Å²) < 4.78 is 23.1. The van der Waals surface area contributed by atoms with Gasteiger partial charge in [-0.3, -0.25) is 4.98 Å². The number of rotatable bonds is 3. The van der Waals surface area contributed by atoms with Gasteiger partial charge in [-0.2, -0.15) is 8.42 Å². The fourth-order valence-corrected chi connectivity index (χ4v) is 2.34. The van der Waals surface area contributed by atoms with Crippen LogP contribution in [0.2, 0.25) is 0 Å². The number of hydrogen-bond donors (Lipinski definition) is 3. The van der Waals surface area contributed by atoms with Gasteiger partial charge in [0.05, 0.1) is 5.69 Å². The highest BCUT2D eigenvalue weighted by molar-refractivity contribution is 7.87. The first kappa shape index (κ1) is 13.1. The molecule has 0 unspecified atom stereocenters. The van der Waals surface area contributed by atoms with Gasteiger partial charge >= 0.3 is 16.2 Å². The molecule has 0 fully saturated rings. The summed E-state index contributed by atoms with van der Waals surface area (Å²) in [6.45, 7) is 0. The van der Waals surface area contributed by atoms with Crippen molar-refractivity contribution in [3.05, 3.63) is 36.4 Å². The lowest BCUT2D eigenvalue weighted by Gasteiger charge is -2.05. The van der Waals surface area contributed by atoms with Crippen molar-refractivity contribution >= 4 is 21.9 Å². The summed E-state index contributed by atoms with van der Waals surface area (Å²) in [5.74, 6) is -1.42. The van der Waals surface area contributed by atoms with E-state index in [1.165, 1.54) is 24.5 Å². The Hall–Kier alpha value is -2.39. The molecule has 0 aliphatic heterocycles.